The molecule has 1 unspecified atom stereocenters. The molecule has 1 saturated carbocycles. The highest BCUT2D eigenvalue weighted by molar-refractivity contribution is 6.74. The summed E-state index contributed by atoms with van der Waals surface area (Å²) >= 11 is 0. The van der Waals surface area contributed by atoms with Crippen molar-refractivity contribution in [2.45, 2.75) is 115 Å². The van der Waals surface area contributed by atoms with Crippen LogP contribution in [0.5, 0.6) is 0 Å². The van der Waals surface area contributed by atoms with Gasteiger partial charge in [-0.25, -0.2) is 0 Å². The topological polar surface area (TPSA) is 27.7 Å². The van der Waals surface area contributed by atoms with E-state index in [1.165, 1.54) is 17.6 Å². The molecule has 5 atom stereocenters. The summed E-state index contributed by atoms with van der Waals surface area (Å²) in [7, 11) is -3.46. The van der Waals surface area contributed by atoms with Crippen molar-refractivity contribution in [1.29, 1.82) is 0 Å². The fourth-order valence-corrected chi connectivity index (χ4v) is 9.09. The average Bonchev–Trinajstić information content (AvgIpc) is 3.16. The molecule has 3 aliphatic carbocycles. The van der Waals surface area contributed by atoms with Crippen molar-refractivity contribution in [3.05, 3.63) is 47.3 Å². The maximum Gasteiger partial charge on any atom is 0.242 e. The highest BCUT2D eigenvalue weighted by atomic mass is 28.4. The van der Waals surface area contributed by atoms with Crippen molar-refractivity contribution in [2.75, 3.05) is 0 Å². The van der Waals surface area contributed by atoms with Crippen molar-refractivity contribution in [1.82, 2.24) is 0 Å². The van der Waals surface area contributed by atoms with Crippen LogP contribution in [-0.2, 0) is 13.6 Å². The van der Waals surface area contributed by atoms with Crippen LogP contribution in [0.2, 0.25) is 37.8 Å². The van der Waals surface area contributed by atoms with Crippen molar-refractivity contribution >= 4 is 16.6 Å². The zero-order valence-corrected chi connectivity index (χ0v) is 24.3. The molecule has 0 aromatic heterocycles. The molecule has 33 heavy (non-hydrogen) atoms. The smallest absolute Gasteiger partial charge is 0.242 e. The lowest BCUT2D eigenvalue weighted by atomic mass is 9.60. The summed E-state index contributed by atoms with van der Waals surface area (Å²) in [4.78, 5) is 0. The summed E-state index contributed by atoms with van der Waals surface area (Å²) in [6.07, 6.45) is 17.6. The number of rotatable bonds is 4. The van der Waals surface area contributed by atoms with Crippen LogP contribution in [0, 0.1) is 11.3 Å². The third-order valence-corrected chi connectivity index (χ3v) is 14.9. The van der Waals surface area contributed by atoms with Gasteiger partial charge in [-0.1, -0.05) is 33.8 Å². The van der Waals surface area contributed by atoms with E-state index in [0.29, 0.717) is 12.0 Å². The Labute approximate surface area is 203 Å². The van der Waals surface area contributed by atoms with E-state index in [2.05, 4.69) is 90.8 Å². The van der Waals surface area contributed by atoms with E-state index in [1.807, 2.05) is 0 Å². The number of hydrogen-bond donors (Lipinski definition) is 0. The second-order valence-electron chi connectivity index (χ2n) is 13.9. The monoisotopic (exact) mass is 484 g/mol. The Hall–Kier alpha value is -0.886. The van der Waals surface area contributed by atoms with Gasteiger partial charge in [0.1, 0.15) is 11.4 Å². The first kappa shape index (κ1) is 23.8. The summed E-state index contributed by atoms with van der Waals surface area (Å²) < 4.78 is 20.6. The Morgan fingerprint density at radius 1 is 1.00 bits per heavy atom. The third kappa shape index (κ3) is 3.56. The molecule has 5 rings (SSSR count). The Bertz CT molecular complexity index is 976. The van der Waals surface area contributed by atoms with Gasteiger partial charge in [0.05, 0.1) is 11.7 Å². The zero-order valence-electron chi connectivity index (χ0n) is 22.3. The van der Waals surface area contributed by atoms with Crippen LogP contribution in [0.15, 0.2) is 47.3 Å². The predicted octanol–water partition coefficient (Wildman–Crippen LogP) is 7.66. The molecule has 3 nitrogen and oxygen atoms in total. The molecular formula is C28H44O3Si2. The van der Waals surface area contributed by atoms with Gasteiger partial charge in [0.15, 0.2) is 8.32 Å². The summed E-state index contributed by atoms with van der Waals surface area (Å²) in [6.45, 7) is 21.1. The molecule has 5 heteroatoms. The fourth-order valence-electron chi connectivity index (χ4n) is 6.80. The lowest BCUT2D eigenvalue weighted by Gasteiger charge is -2.53. The Balaban J connectivity index is 1.48. The van der Waals surface area contributed by atoms with Gasteiger partial charge < -0.3 is 13.6 Å². The first-order chi connectivity index (χ1) is 15.1. The van der Waals surface area contributed by atoms with E-state index in [9.17, 15) is 0 Å². The molecule has 0 radical (unpaired) electrons. The lowest BCUT2D eigenvalue weighted by Crippen LogP contribution is -2.55. The van der Waals surface area contributed by atoms with Gasteiger partial charge >= 0.3 is 0 Å². The van der Waals surface area contributed by atoms with E-state index >= 15 is 0 Å². The molecule has 2 spiro atoms. The van der Waals surface area contributed by atoms with Gasteiger partial charge in [-0.15, -0.1) is 0 Å². The minimum absolute atomic E-state index is 0.149. The zero-order chi connectivity index (χ0) is 24.1. The third-order valence-electron chi connectivity index (χ3n) is 9.58. The molecule has 2 fully saturated rings. The van der Waals surface area contributed by atoms with Crippen molar-refractivity contribution in [3.8, 4) is 0 Å². The van der Waals surface area contributed by atoms with Crippen molar-refractivity contribution < 1.29 is 13.6 Å². The van der Waals surface area contributed by atoms with Crippen LogP contribution in [0.4, 0.5) is 0 Å². The molecule has 0 amide bonds. The first-order valence-electron chi connectivity index (χ1n) is 13.0. The van der Waals surface area contributed by atoms with Gasteiger partial charge in [0, 0.05) is 11.3 Å². The molecule has 5 aliphatic rings. The normalized spacial score (nSPS) is 39.8. The minimum atomic E-state index is -1.82. The molecule has 182 valence electrons. The van der Waals surface area contributed by atoms with E-state index in [1.54, 1.807) is 0 Å². The van der Waals surface area contributed by atoms with E-state index < -0.39 is 16.6 Å². The summed E-state index contributed by atoms with van der Waals surface area (Å²) in [5, 5.41) is 0.237. The van der Waals surface area contributed by atoms with E-state index in [4.69, 9.17) is 13.6 Å². The number of allylic oxidation sites excluding steroid dienone is 2. The molecule has 2 heterocycles. The molecule has 2 bridgehead atoms. The standard InChI is InChI=1S/C28H44O3Si2/c1-25(2,3)33(8,9)30-24-11-10-23-26(24,4)14-12-20-18-21-19-22(29-32(5,6)7)13-15-27(21)16-17-28(20,23)31-27/h12-13,15,18-19,23-24H,10-11,14,16-17H2,1-9H3/t23-,24?,26+,27+,28-/m1/s1. The van der Waals surface area contributed by atoms with E-state index in [0.717, 1.165) is 31.4 Å². The minimum Gasteiger partial charge on any atom is -0.544 e. The van der Waals surface area contributed by atoms with Gasteiger partial charge in [-0.05, 0) is 105 Å². The highest BCUT2D eigenvalue weighted by Gasteiger charge is 2.66. The number of hydrogen-bond acceptors (Lipinski definition) is 3. The van der Waals surface area contributed by atoms with Crippen molar-refractivity contribution in [2.24, 2.45) is 11.3 Å². The number of fused-ring (bicyclic) bond motifs is 1. The van der Waals surface area contributed by atoms with Crippen LogP contribution in [-0.4, -0.2) is 33.9 Å². The molecule has 1 saturated heterocycles. The molecule has 0 aromatic rings. The van der Waals surface area contributed by atoms with Crippen LogP contribution >= 0.6 is 0 Å². The summed E-state index contributed by atoms with van der Waals surface area (Å²) in [5.41, 5.74) is 2.42. The predicted molar refractivity (Wildman–Crippen MR) is 141 cm³/mol. The molecule has 0 aromatic carbocycles. The van der Waals surface area contributed by atoms with Crippen LogP contribution in [0.3, 0.4) is 0 Å². The quantitative estimate of drug-likeness (QED) is 0.383. The van der Waals surface area contributed by atoms with Gasteiger partial charge in [0.25, 0.3) is 0 Å². The lowest BCUT2D eigenvalue weighted by molar-refractivity contribution is -0.118. The Kier molecular flexibility index (Phi) is 5.12. The van der Waals surface area contributed by atoms with Gasteiger partial charge in [-0.3, -0.25) is 0 Å². The first-order valence-corrected chi connectivity index (χ1v) is 19.3. The molecular weight excluding hydrogens is 440 g/mol. The molecule has 2 aliphatic heterocycles. The second-order valence-corrected chi connectivity index (χ2v) is 23.1. The van der Waals surface area contributed by atoms with Gasteiger partial charge in [-0.2, -0.15) is 0 Å². The van der Waals surface area contributed by atoms with Crippen molar-refractivity contribution in [3.63, 3.8) is 0 Å². The second kappa shape index (κ2) is 7.08. The fraction of sp³-hybridized carbons (Fsp3) is 0.714. The summed E-state index contributed by atoms with van der Waals surface area (Å²) in [5.74, 6) is 1.52. The van der Waals surface area contributed by atoms with Crippen LogP contribution < -0.4 is 0 Å². The largest absolute Gasteiger partial charge is 0.544 e. The van der Waals surface area contributed by atoms with Gasteiger partial charge in [0.2, 0.25) is 8.32 Å². The Morgan fingerprint density at radius 3 is 2.39 bits per heavy atom. The molecule has 0 N–H and O–H groups in total. The maximum absolute atomic E-state index is 7.23. The van der Waals surface area contributed by atoms with Crippen LogP contribution in [0.1, 0.15) is 59.8 Å². The summed E-state index contributed by atoms with van der Waals surface area (Å²) in [6, 6.07) is 0. The number of ether oxygens (including phenoxy) is 1. The maximum atomic E-state index is 7.23. The SMILES string of the molecule is CC(C)(C)[Si](C)(C)OC1CC[C@H]2[C@@]34CC[C@]5(C=CC(O[Si](C)(C)C)=CC5=CC3=CC[C@]12C)O4. The average molecular weight is 485 g/mol. The van der Waals surface area contributed by atoms with Crippen LogP contribution in [0.25, 0.3) is 0 Å². The van der Waals surface area contributed by atoms with E-state index in [-0.39, 0.29) is 21.7 Å². The highest BCUT2D eigenvalue weighted by Crippen LogP contribution is 2.66. The Morgan fingerprint density at radius 2 is 1.73 bits per heavy atom.